The second kappa shape index (κ2) is 50.2. The molecule has 2 fully saturated rings. The van der Waals surface area contributed by atoms with Gasteiger partial charge in [-0.1, -0.05) is 89.3 Å². The van der Waals surface area contributed by atoms with Gasteiger partial charge < -0.3 is 4.74 Å². The van der Waals surface area contributed by atoms with Gasteiger partial charge in [0.2, 0.25) is 0 Å². The van der Waals surface area contributed by atoms with E-state index in [9.17, 15) is 0 Å². The van der Waals surface area contributed by atoms with Crippen molar-refractivity contribution in [1.29, 1.82) is 0 Å². The van der Waals surface area contributed by atoms with Crippen LogP contribution in [0.1, 0.15) is 89.7 Å². The fraction of sp³-hybridized carbons (Fsp3) is 0.571. The van der Waals surface area contributed by atoms with E-state index < -0.39 is 0 Å². The number of ether oxygens (including phenoxy) is 1. The first kappa shape index (κ1) is 82.2. The molecule has 5 rings (SSSR count). The van der Waals surface area contributed by atoms with Gasteiger partial charge in [0.1, 0.15) is 11.5 Å². The molecule has 0 N–H and O–H groups in total. The van der Waals surface area contributed by atoms with Gasteiger partial charge in [-0.3, -0.25) is 0 Å². The summed E-state index contributed by atoms with van der Waals surface area (Å²) in [6.45, 7) is 6.66. The van der Waals surface area contributed by atoms with Crippen molar-refractivity contribution in [2.24, 2.45) is 0 Å². The average Bonchev–Trinajstić information content (AvgIpc) is 3.50. The van der Waals surface area contributed by atoms with E-state index in [-0.39, 0.29) is 400 Å². The van der Waals surface area contributed by atoms with Gasteiger partial charge in [-0.05, 0) is 43.2 Å². The van der Waals surface area contributed by atoms with Gasteiger partial charge in [-0.15, -0.1) is 46.2 Å². The fourth-order valence-corrected chi connectivity index (χ4v) is 6.08. The quantitative estimate of drug-likeness (QED) is 0.208. The molecule has 0 amide bonds. The summed E-state index contributed by atoms with van der Waals surface area (Å²) in [5, 5.41) is 2.22. The first-order valence-electron chi connectivity index (χ1n) is 12.9. The molecule has 0 bridgehead atoms. The van der Waals surface area contributed by atoms with Crippen LogP contribution in [-0.2, 0) is 22.5 Å². The molecule has 1 nitrogen and oxygen atoms in total. The molecular formula is C28H47Ar10FeOP5. The molecule has 1 heterocycles. The van der Waals surface area contributed by atoms with E-state index in [4.69, 9.17) is 4.74 Å². The number of hydrogen-bond acceptors (Lipinski definition) is 1. The zero-order valence-electron chi connectivity index (χ0n) is 25.4. The minimum absolute atomic E-state index is 0. The molecule has 17 heteroatoms. The molecule has 2 aliphatic carbocycles. The molecule has 5 unspecified atom stereocenters. The normalized spacial score (nSPS) is 13.7. The molecule has 1 aliphatic heterocycles. The Hall–Kier alpha value is 13.5. The smallest absolute Gasteiger partial charge is 0.138 e. The average molecular weight is 1010 g/mol. The van der Waals surface area contributed by atoms with Crippen molar-refractivity contribution < 1.29 is 399 Å². The molecular weight excluding hydrogens is 963 g/mol. The van der Waals surface area contributed by atoms with E-state index in [0.717, 1.165) is 33.4 Å². The van der Waals surface area contributed by atoms with Crippen molar-refractivity contribution in [3.8, 4) is 11.5 Å². The van der Waals surface area contributed by atoms with Crippen LogP contribution < -0.4 is 15.3 Å². The Balaban J connectivity index is -0.0000000491. The number of para-hydroxylation sites is 2. The van der Waals surface area contributed by atoms with Crippen LogP contribution in [0.25, 0.3) is 0 Å². The maximum Gasteiger partial charge on any atom is 0.138 e. The number of benzene rings is 2. The minimum Gasteiger partial charge on any atom is -0.455 e. The maximum absolute atomic E-state index is 6.13. The summed E-state index contributed by atoms with van der Waals surface area (Å²) >= 11 is 0. The fourth-order valence-electron chi connectivity index (χ4n) is 4.48. The Morgan fingerprint density at radius 2 is 0.889 bits per heavy atom. The van der Waals surface area contributed by atoms with Crippen LogP contribution in [0.3, 0.4) is 0 Å². The third-order valence-electron chi connectivity index (χ3n) is 6.73. The molecule has 0 spiro atoms. The summed E-state index contributed by atoms with van der Waals surface area (Å²) in [5.74, 6) is 1.96. The Kier molecular flexibility index (Phi) is 91.7. The zero-order chi connectivity index (χ0) is 25.1. The zero-order valence-corrected chi connectivity index (χ0v) is 39.3. The Morgan fingerprint density at radius 3 is 1.09 bits per heavy atom. The van der Waals surface area contributed by atoms with Crippen LogP contribution in [0.5, 0.6) is 11.5 Å². The van der Waals surface area contributed by atoms with E-state index in [1.165, 1.54) is 75.1 Å². The standard InChI is InChI=1S/C15H16OP2.2C5H11P.C3H9P.10Ar.Fe/c1-15(2)9-5-3-7-11(17)13(9)16-14-10(15)6-4-8-12(14)18;2*6-5-3-1-2-4-5;1-2-3-4;;;;;;;;;;;/h3-8H,17-18H2,1-2H3;2*5H,1-4,6H2;2-4H2,1H3;;;;;;;;;;;. The predicted molar refractivity (Wildman–Crippen MR) is 173 cm³/mol. The second-order valence-electron chi connectivity index (χ2n) is 10.1. The van der Waals surface area contributed by atoms with E-state index in [2.05, 4.69) is 103 Å². The summed E-state index contributed by atoms with van der Waals surface area (Å²) < 4.78 is 6.13. The van der Waals surface area contributed by atoms with Gasteiger partial charge in [0, 0.05) is 422 Å². The monoisotopic (exact) mass is 1010 g/mol. The van der Waals surface area contributed by atoms with Crippen molar-refractivity contribution >= 4 is 56.8 Å². The summed E-state index contributed by atoms with van der Waals surface area (Å²) in [6, 6.07) is 12.6. The van der Waals surface area contributed by atoms with Gasteiger partial charge >= 0.3 is 0 Å². The van der Waals surface area contributed by atoms with Crippen molar-refractivity contribution in [2.45, 2.75) is 95.3 Å². The molecule has 2 saturated carbocycles. The van der Waals surface area contributed by atoms with Crippen LogP contribution in [0.15, 0.2) is 36.4 Å². The summed E-state index contributed by atoms with van der Waals surface area (Å²) in [5.41, 5.74) is 4.40. The first-order valence-corrected chi connectivity index (χ1v) is 16.2. The van der Waals surface area contributed by atoms with Crippen molar-refractivity contribution in [2.75, 3.05) is 6.16 Å². The number of rotatable bonds is 1. The molecule has 0 radical (unpaired) electrons. The maximum atomic E-state index is 6.13. The van der Waals surface area contributed by atoms with E-state index in [0.29, 0.717) is 0 Å². The number of hydrogen-bond donors (Lipinski definition) is 0. The van der Waals surface area contributed by atoms with E-state index >= 15 is 0 Å². The molecule has 2 aromatic rings. The van der Waals surface area contributed by atoms with E-state index in [1.807, 2.05) is 0 Å². The molecule has 0 saturated heterocycles. The Bertz CT molecular complexity index is 843. The van der Waals surface area contributed by atoms with Crippen LogP contribution in [0, 0.1) is 377 Å². The van der Waals surface area contributed by atoms with Crippen LogP contribution in [0.2, 0.25) is 0 Å². The predicted octanol–water partition coefficient (Wildman–Crippen LogP) is 8.00. The Labute approximate surface area is 599 Å². The van der Waals surface area contributed by atoms with Gasteiger partial charge in [0.25, 0.3) is 0 Å². The summed E-state index contributed by atoms with van der Waals surface area (Å²) in [6.07, 6.45) is 14.2. The second-order valence-corrected chi connectivity index (χ2v) is 13.8. The third kappa shape index (κ3) is 33.7. The van der Waals surface area contributed by atoms with Crippen molar-refractivity contribution in [3.63, 3.8) is 0 Å². The van der Waals surface area contributed by atoms with Crippen molar-refractivity contribution in [1.82, 2.24) is 0 Å². The van der Waals surface area contributed by atoms with Gasteiger partial charge in [-0.2, -0.15) is 0 Å². The number of fused-ring (bicyclic) bond motifs is 2. The van der Waals surface area contributed by atoms with Gasteiger partial charge in [0.15, 0.2) is 0 Å². The third-order valence-corrected chi connectivity index (χ3v) is 9.55. The van der Waals surface area contributed by atoms with E-state index in [1.54, 1.807) is 0 Å². The topological polar surface area (TPSA) is 9.23 Å². The minimum atomic E-state index is -0.0257. The van der Waals surface area contributed by atoms with Crippen molar-refractivity contribution in [3.05, 3.63) is 47.5 Å². The summed E-state index contributed by atoms with van der Waals surface area (Å²) in [7, 11) is 13.9. The summed E-state index contributed by atoms with van der Waals surface area (Å²) in [4.78, 5) is 0. The van der Waals surface area contributed by atoms with Gasteiger partial charge in [-0.25, -0.2) is 0 Å². The van der Waals surface area contributed by atoms with Gasteiger partial charge in [0.05, 0.1) is 0 Å². The van der Waals surface area contributed by atoms with Crippen LogP contribution in [-0.4, -0.2) is 17.5 Å². The first-order chi connectivity index (χ1) is 16.2. The molecule has 5 atom stereocenters. The molecule has 0 aromatic heterocycles. The Morgan fingerprint density at radius 1 is 0.622 bits per heavy atom. The molecule has 278 valence electrons. The van der Waals surface area contributed by atoms with Crippen LogP contribution in [0.4, 0.5) is 0 Å². The SMILES string of the molecule is CC1(C)c2cccc(P)c2Oc2c(P)cccc21.CCCP.PC1CCCC1.PC1CCCC1.[Ar].[Ar].[Ar].[Ar].[Ar].[Ar].[Ar].[Ar].[Ar].[Ar].[Fe]. The molecule has 2 aromatic carbocycles. The largest absolute Gasteiger partial charge is 0.455 e. The molecule has 3 aliphatic rings. The molecule has 45 heavy (non-hydrogen) atoms. The van der Waals surface area contributed by atoms with Crippen LogP contribution >= 0.6 is 46.2 Å².